The quantitative estimate of drug-likeness (QED) is 0.687. The molecule has 0 radical (unpaired) electrons. The molecule has 144 valence electrons. The average molecular weight is 400 g/mol. The second-order valence-corrected chi connectivity index (χ2v) is 6.24. The Labute approximate surface area is 166 Å². The fraction of sp³-hybridized carbons (Fsp3) is 0.150. The lowest BCUT2D eigenvalue weighted by atomic mass is 10.1. The van der Waals surface area contributed by atoms with Crippen LogP contribution in [0.2, 0.25) is 0 Å². The van der Waals surface area contributed by atoms with Crippen LogP contribution in [0.3, 0.4) is 0 Å². The highest BCUT2D eigenvalue weighted by Gasteiger charge is 2.12. The smallest absolute Gasteiger partial charge is 0.259 e. The van der Waals surface area contributed by atoms with Gasteiger partial charge in [0.2, 0.25) is 0 Å². The summed E-state index contributed by atoms with van der Waals surface area (Å²) in [5, 5.41) is 3.17. The van der Waals surface area contributed by atoms with Gasteiger partial charge in [0.05, 0.1) is 30.2 Å². The van der Waals surface area contributed by atoms with Gasteiger partial charge < -0.3 is 19.8 Å². The predicted molar refractivity (Wildman–Crippen MR) is 109 cm³/mol. The minimum Gasteiger partial charge on any atom is -0.493 e. The molecule has 0 spiro atoms. The molecule has 0 aliphatic rings. The molecule has 0 unspecified atom stereocenters. The van der Waals surface area contributed by atoms with Crippen molar-refractivity contribution in [2.75, 3.05) is 21.3 Å². The van der Waals surface area contributed by atoms with Crippen LogP contribution < -0.4 is 20.3 Å². The highest BCUT2D eigenvalue weighted by molar-refractivity contribution is 6.50. The SMILES string of the molecule is CNC(=O)c1ccc(/C=C(\Cl)c2nc3cc(OC)c(OC)cc3c(=O)[nH]2)cc1. The van der Waals surface area contributed by atoms with E-state index in [-0.39, 0.29) is 22.3 Å². The maximum absolute atomic E-state index is 12.5. The molecule has 28 heavy (non-hydrogen) atoms. The summed E-state index contributed by atoms with van der Waals surface area (Å²) in [5.74, 6) is 0.949. The highest BCUT2D eigenvalue weighted by atomic mass is 35.5. The van der Waals surface area contributed by atoms with E-state index in [0.717, 1.165) is 5.56 Å². The number of hydrogen-bond acceptors (Lipinski definition) is 5. The normalized spacial score (nSPS) is 11.4. The number of carbonyl (C=O) groups is 1. The van der Waals surface area contributed by atoms with Gasteiger partial charge in [0, 0.05) is 18.7 Å². The van der Waals surface area contributed by atoms with E-state index in [1.165, 1.54) is 14.2 Å². The molecule has 1 amide bonds. The number of ether oxygens (including phenoxy) is 2. The zero-order chi connectivity index (χ0) is 20.3. The van der Waals surface area contributed by atoms with Gasteiger partial charge in [-0.05, 0) is 29.8 Å². The van der Waals surface area contributed by atoms with Gasteiger partial charge in [-0.1, -0.05) is 23.7 Å². The highest BCUT2D eigenvalue weighted by Crippen LogP contribution is 2.30. The number of halogens is 1. The first kappa shape index (κ1) is 19.4. The van der Waals surface area contributed by atoms with Crippen LogP contribution in [-0.2, 0) is 0 Å². The minimum atomic E-state index is -0.345. The van der Waals surface area contributed by atoms with Crippen LogP contribution in [0, 0.1) is 0 Å². The minimum absolute atomic E-state index is 0.175. The first-order valence-electron chi connectivity index (χ1n) is 8.32. The number of H-pyrrole nitrogens is 1. The molecule has 0 saturated carbocycles. The summed E-state index contributed by atoms with van der Waals surface area (Å²) in [6.07, 6.45) is 1.65. The molecule has 0 atom stereocenters. The van der Waals surface area contributed by atoms with Crippen LogP contribution in [0.15, 0.2) is 41.2 Å². The van der Waals surface area contributed by atoms with E-state index in [0.29, 0.717) is 28.0 Å². The molecule has 2 aromatic carbocycles. The molecule has 3 aromatic rings. The number of fused-ring (bicyclic) bond motifs is 1. The van der Waals surface area contributed by atoms with Crippen molar-refractivity contribution in [3.8, 4) is 11.5 Å². The summed E-state index contributed by atoms with van der Waals surface area (Å²) in [7, 11) is 4.57. The van der Waals surface area contributed by atoms with E-state index in [1.54, 1.807) is 49.5 Å². The van der Waals surface area contributed by atoms with E-state index >= 15 is 0 Å². The van der Waals surface area contributed by atoms with Gasteiger partial charge in [0.25, 0.3) is 11.5 Å². The summed E-state index contributed by atoms with van der Waals surface area (Å²) in [4.78, 5) is 31.2. The van der Waals surface area contributed by atoms with Crippen LogP contribution in [0.25, 0.3) is 22.0 Å². The molecule has 2 N–H and O–H groups in total. The lowest BCUT2D eigenvalue weighted by Gasteiger charge is -2.09. The van der Waals surface area contributed by atoms with E-state index in [9.17, 15) is 9.59 Å². The molecular formula is C20H18ClN3O4. The zero-order valence-corrected chi connectivity index (χ0v) is 16.3. The lowest BCUT2D eigenvalue weighted by Crippen LogP contribution is -2.17. The maximum atomic E-state index is 12.5. The number of aromatic amines is 1. The van der Waals surface area contributed by atoms with Crippen molar-refractivity contribution in [1.82, 2.24) is 15.3 Å². The Morgan fingerprint density at radius 3 is 2.39 bits per heavy atom. The summed E-state index contributed by atoms with van der Waals surface area (Å²) >= 11 is 6.37. The van der Waals surface area contributed by atoms with E-state index < -0.39 is 0 Å². The molecule has 0 bridgehead atoms. The van der Waals surface area contributed by atoms with Crippen molar-refractivity contribution in [1.29, 1.82) is 0 Å². The Kier molecular flexibility index (Phi) is 5.65. The number of carbonyl (C=O) groups excluding carboxylic acids is 1. The van der Waals surface area contributed by atoms with Crippen LogP contribution >= 0.6 is 11.6 Å². The average Bonchev–Trinajstić information content (AvgIpc) is 2.72. The monoisotopic (exact) mass is 399 g/mol. The first-order valence-corrected chi connectivity index (χ1v) is 8.70. The number of methoxy groups -OCH3 is 2. The van der Waals surface area contributed by atoms with Crippen molar-refractivity contribution in [2.45, 2.75) is 0 Å². The molecule has 7 nitrogen and oxygen atoms in total. The third-order valence-electron chi connectivity index (χ3n) is 4.13. The van der Waals surface area contributed by atoms with Crippen molar-refractivity contribution < 1.29 is 14.3 Å². The zero-order valence-electron chi connectivity index (χ0n) is 15.5. The van der Waals surface area contributed by atoms with Crippen molar-refractivity contribution in [3.63, 3.8) is 0 Å². The van der Waals surface area contributed by atoms with Gasteiger partial charge in [-0.3, -0.25) is 9.59 Å². The van der Waals surface area contributed by atoms with E-state index in [2.05, 4.69) is 15.3 Å². The molecule has 3 rings (SSSR count). The molecule has 0 fully saturated rings. The van der Waals surface area contributed by atoms with Crippen LogP contribution in [-0.4, -0.2) is 37.1 Å². The van der Waals surface area contributed by atoms with Crippen LogP contribution in [0.5, 0.6) is 11.5 Å². The largest absolute Gasteiger partial charge is 0.493 e. The predicted octanol–water partition coefficient (Wildman–Crippen LogP) is 3.04. The summed E-state index contributed by atoms with van der Waals surface area (Å²) in [5.41, 5.74) is 1.38. The molecule has 1 aromatic heterocycles. The third-order valence-corrected chi connectivity index (χ3v) is 4.42. The fourth-order valence-corrected chi connectivity index (χ4v) is 2.88. The van der Waals surface area contributed by atoms with E-state index in [1.807, 2.05) is 0 Å². The van der Waals surface area contributed by atoms with Gasteiger partial charge in [-0.2, -0.15) is 0 Å². The molecular weight excluding hydrogens is 382 g/mol. The van der Waals surface area contributed by atoms with Crippen molar-refractivity contribution >= 4 is 39.5 Å². The van der Waals surface area contributed by atoms with Gasteiger partial charge in [-0.25, -0.2) is 4.98 Å². The molecule has 0 saturated heterocycles. The second kappa shape index (κ2) is 8.14. The molecule has 0 aliphatic heterocycles. The number of aromatic nitrogens is 2. The van der Waals surface area contributed by atoms with Crippen molar-refractivity contribution in [3.05, 3.63) is 63.7 Å². The van der Waals surface area contributed by atoms with Gasteiger partial charge >= 0.3 is 0 Å². The summed E-state index contributed by atoms with van der Waals surface area (Å²) in [6.45, 7) is 0. The Bertz CT molecular complexity index is 1120. The lowest BCUT2D eigenvalue weighted by molar-refractivity contribution is 0.0963. The molecule has 0 aliphatic carbocycles. The summed E-state index contributed by atoms with van der Waals surface area (Å²) < 4.78 is 10.5. The Balaban J connectivity index is 2.01. The maximum Gasteiger partial charge on any atom is 0.259 e. The Hall–Kier alpha value is -3.32. The van der Waals surface area contributed by atoms with E-state index in [4.69, 9.17) is 21.1 Å². The van der Waals surface area contributed by atoms with Gasteiger partial charge in [0.1, 0.15) is 0 Å². The van der Waals surface area contributed by atoms with Gasteiger partial charge in [0.15, 0.2) is 17.3 Å². The van der Waals surface area contributed by atoms with Crippen LogP contribution in [0.1, 0.15) is 21.7 Å². The number of rotatable bonds is 5. The number of benzene rings is 2. The number of amides is 1. The fourth-order valence-electron chi connectivity index (χ4n) is 2.67. The van der Waals surface area contributed by atoms with Gasteiger partial charge in [-0.15, -0.1) is 0 Å². The third kappa shape index (κ3) is 3.84. The standard InChI is InChI=1S/C20H18ClN3O4/c1-22-19(25)12-6-4-11(5-7-12)8-14(21)18-23-15-10-17(28-3)16(27-2)9-13(15)20(26)24-18/h4-10H,1-3H3,(H,22,25)(H,23,24,26)/b14-8-. The van der Waals surface area contributed by atoms with Crippen molar-refractivity contribution in [2.24, 2.45) is 0 Å². The number of hydrogen-bond donors (Lipinski definition) is 2. The Morgan fingerprint density at radius 2 is 1.79 bits per heavy atom. The molecule has 8 heteroatoms. The second-order valence-electron chi connectivity index (χ2n) is 5.83. The topological polar surface area (TPSA) is 93.3 Å². The summed E-state index contributed by atoms with van der Waals surface area (Å²) in [6, 6.07) is 10.1. The number of nitrogens with zero attached hydrogens (tertiary/aromatic N) is 1. The molecule has 1 heterocycles. The van der Waals surface area contributed by atoms with Crippen LogP contribution in [0.4, 0.5) is 0 Å². The first-order chi connectivity index (χ1) is 13.5. The number of nitrogens with one attached hydrogen (secondary N) is 2. The Morgan fingerprint density at radius 1 is 1.14 bits per heavy atom.